The van der Waals surface area contributed by atoms with Gasteiger partial charge in [-0.25, -0.2) is 9.78 Å². The zero-order valence-corrected chi connectivity index (χ0v) is 14.6. The molecule has 122 valence electrons. The number of nitrogens with zero attached hydrogens (tertiary/aromatic N) is 4. The molecule has 0 unspecified atom stereocenters. The van der Waals surface area contributed by atoms with Gasteiger partial charge in [0.05, 0.1) is 5.54 Å². The van der Waals surface area contributed by atoms with E-state index >= 15 is 0 Å². The van der Waals surface area contributed by atoms with Crippen LogP contribution >= 0.6 is 15.9 Å². The fourth-order valence-corrected chi connectivity index (χ4v) is 2.82. The monoisotopic (exact) mass is 380 g/mol. The molecule has 1 fully saturated rings. The van der Waals surface area contributed by atoms with Crippen molar-refractivity contribution in [2.24, 2.45) is 0 Å². The number of amides is 1. The normalized spacial score (nSPS) is 16.0. The summed E-state index contributed by atoms with van der Waals surface area (Å²) in [7, 11) is 0. The van der Waals surface area contributed by atoms with Gasteiger partial charge in [-0.1, -0.05) is 0 Å². The lowest BCUT2D eigenvalue weighted by molar-refractivity contribution is 0.0495. The lowest BCUT2D eigenvalue weighted by Gasteiger charge is -2.24. The predicted octanol–water partition coefficient (Wildman–Crippen LogP) is 2.54. The summed E-state index contributed by atoms with van der Waals surface area (Å²) >= 11 is 3.41. The Kier molecular flexibility index (Phi) is 3.83. The van der Waals surface area contributed by atoms with Crippen molar-refractivity contribution in [3.05, 3.63) is 22.6 Å². The van der Waals surface area contributed by atoms with Gasteiger partial charge in [0.1, 0.15) is 22.2 Å². The van der Waals surface area contributed by atoms with Crippen molar-refractivity contribution in [3.8, 4) is 11.5 Å². The Morgan fingerprint density at radius 3 is 2.70 bits per heavy atom. The van der Waals surface area contributed by atoms with Crippen LogP contribution in [-0.2, 0) is 10.3 Å². The van der Waals surface area contributed by atoms with Gasteiger partial charge in [0.2, 0.25) is 0 Å². The molecule has 0 saturated heterocycles. The first-order valence-corrected chi connectivity index (χ1v) is 7.99. The SMILES string of the molecule is CC(C)(C)OC(=O)NC1(c2cc(-c3ncn[nH]3)nnc2Br)CC1. The van der Waals surface area contributed by atoms with E-state index in [2.05, 4.69) is 46.6 Å². The van der Waals surface area contributed by atoms with Crippen LogP contribution < -0.4 is 5.32 Å². The Morgan fingerprint density at radius 1 is 1.39 bits per heavy atom. The standard InChI is InChI=1S/C14H17BrN6O2/c1-13(2,3)23-12(22)18-14(4-5-14)8-6-9(19-20-10(8)15)11-16-7-17-21-11/h6-7H,4-5H2,1-3H3,(H,18,22)(H,16,17,21). The van der Waals surface area contributed by atoms with Gasteiger partial charge in [-0.15, -0.1) is 10.2 Å². The molecule has 8 nitrogen and oxygen atoms in total. The Bertz CT molecular complexity index is 721. The molecule has 0 aliphatic heterocycles. The van der Waals surface area contributed by atoms with Gasteiger partial charge in [0.15, 0.2) is 5.82 Å². The quantitative estimate of drug-likeness (QED) is 0.847. The van der Waals surface area contributed by atoms with Crippen LogP contribution in [-0.4, -0.2) is 37.1 Å². The van der Waals surface area contributed by atoms with Crippen molar-refractivity contribution in [1.29, 1.82) is 0 Å². The van der Waals surface area contributed by atoms with Crippen molar-refractivity contribution >= 4 is 22.0 Å². The van der Waals surface area contributed by atoms with Gasteiger partial charge < -0.3 is 10.1 Å². The summed E-state index contributed by atoms with van der Waals surface area (Å²) in [5.74, 6) is 0.527. The molecular formula is C14H17BrN6O2. The highest BCUT2D eigenvalue weighted by Gasteiger charge is 2.48. The van der Waals surface area contributed by atoms with Gasteiger partial charge in [-0.2, -0.15) is 5.10 Å². The molecule has 0 atom stereocenters. The second-order valence-corrected chi connectivity index (χ2v) is 7.23. The Labute approximate surface area is 141 Å². The number of alkyl carbamates (subject to hydrolysis) is 1. The molecule has 2 N–H and O–H groups in total. The maximum atomic E-state index is 12.1. The molecule has 0 spiro atoms. The second-order valence-electron chi connectivity index (χ2n) is 6.48. The van der Waals surface area contributed by atoms with Gasteiger partial charge >= 0.3 is 6.09 Å². The lowest BCUT2D eigenvalue weighted by atomic mass is 10.1. The number of nitrogens with one attached hydrogen (secondary N) is 2. The van der Waals surface area contributed by atoms with Crippen LogP contribution in [0.2, 0.25) is 0 Å². The maximum Gasteiger partial charge on any atom is 0.408 e. The van der Waals surface area contributed by atoms with E-state index in [0.29, 0.717) is 16.1 Å². The molecule has 23 heavy (non-hydrogen) atoms. The third kappa shape index (κ3) is 3.49. The van der Waals surface area contributed by atoms with Crippen molar-refractivity contribution in [3.63, 3.8) is 0 Å². The van der Waals surface area contributed by atoms with Crippen LogP contribution in [0.25, 0.3) is 11.5 Å². The molecule has 1 amide bonds. The molecule has 1 aliphatic rings. The topological polar surface area (TPSA) is 106 Å². The van der Waals surface area contributed by atoms with Crippen LogP contribution in [0.5, 0.6) is 0 Å². The van der Waals surface area contributed by atoms with E-state index in [-0.39, 0.29) is 0 Å². The third-order valence-corrected chi connectivity index (χ3v) is 4.00. The van der Waals surface area contributed by atoms with Crippen LogP contribution in [0.1, 0.15) is 39.2 Å². The molecule has 1 aliphatic carbocycles. The number of halogens is 1. The minimum Gasteiger partial charge on any atom is -0.444 e. The predicted molar refractivity (Wildman–Crippen MR) is 85.4 cm³/mol. The van der Waals surface area contributed by atoms with Gasteiger partial charge in [-0.3, -0.25) is 5.10 Å². The largest absolute Gasteiger partial charge is 0.444 e. The Hall–Kier alpha value is -2.03. The highest BCUT2D eigenvalue weighted by molar-refractivity contribution is 9.10. The molecule has 0 aromatic carbocycles. The summed E-state index contributed by atoms with van der Waals surface area (Å²) in [6.07, 6.45) is 2.59. The zero-order chi connectivity index (χ0) is 16.7. The van der Waals surface area contributed by atoms with Crippen LogP contribution in [0.15, 0.2) is 17.0 Å². The number of aromatic amines is 1. The highest BCUT2D eigenvalue weighted by atomic mass is 79.9. The molecule has 2 heterocycles. The van der Waals surface area contributed by atoms with E-state index in [4.69, 9.17) is 4.74 Å². The van der Waals surface area contributed by atoms with Crippen molar-refractivity contribution < 1.29 is 9.53 Å². The first-order chi connectivity index (χ1) is 10.8. The van der Waals surface area contributed by atoms with E-state index in [1.165, 1.54) is 6.33 Å². The summed E-state index contributed by atoms with van der Waals surface area (Å²) in [6.45, 7) is 5.49. The first-order valence-electron chi connectivity index (χ1n) is 7.20. The average Bonchev–Trinajstić information content (AvgIpc) is 3.00. The van der Waals surface area contributed by atoms with E-state index < -0.39 is 17.2 Å². The molecule has 1 saturated carbocycles. The van der Waals surface area contributed by atoms with E-state index in [9.17, 15) is 4.79 Å². The van der Waals surface area contributed by atoms with Gasteiger partial charge in [0, 0.05) is 5.56 Å². The van der Waals surface area contributed by atoms with Crippen molar-refractivity contribution in [2.75, 3.05) is 0 Å². The number of ether oxygens (including phenoxy) is 1. The molecule has 2 aromatic heterocycles. The van der Waals surface area contributed by atoms with Gasteiger partial charge in [-0.05, 0) is 55.6 Å². The zero-order valence-electron chi connectivity index (χ0n) is 13.1. The van der Waals surface area contributed by atoms with Gasteiger partial charge in [0.25, 0.3) is 0 Å². The van der Waals surface area contributed by atoms with E-state index in [0.717, 1.165) is 18.4 Å². The number of H-pyrrole nitrogens is 1. The molecule has 9 heteroatoms. The summed E-state index contributed by atoms with van der Waals surface area (Å²) in [4.78, 5) is 16.2. The smallest absolute Gasteiger partial charge is 0.408 e. The number of hydrogen-bond donors (Lipinski definition) is 2. The number of carbonyl (C=O) groups is 1. The number of rotatable bonds is 3. The average molecular weight is 381 g/mol. The number of hydrogen-bond acceptors (Lipinski definition) is 6. The fourth-order valence-electron chi connectivity index (χ4n) is 2.24. The Balaban J connectivity index is 1.86. The molecule has 0 radical (unpaired) electrons. The minimum absolute atomic E-state index is 0.445. The van der Waals surface area contributed by atoms with Crippen molar-refractivity contribution in [2.45, 2.75) is 44.8 Å². The first kappa shape index (κ1) is 15.9. The fraction of sp³-hybridized carbons (Fsp3) is 0.500. The van der Waals surface area contributed by atoms with Crippen LogP contribution in [0.3, 0.4) is 0 Å². The lowest BCUT2D eigenvalue weighted by Crippen LogP contribution is -2.39. The van der Waals surface area contributed by atoms with Crippen molar-refractivity contribution in [1.82, 2.24) is 30.7 Å². The summed E-state index contributed by atoms with van der Waals surface area (Å²) in [6, 6.07) is 1.85. The maximum absolute atomic E-state index is 12.1. The molecule has 3 rings (SSSR count). The number of carbonyl (C=O) groups excluding carboxylic acids is 1. The molecule has 2 aromatic rings. The Morgan fingerprint density at radius 2 is 2.13 bits per heavy atom. The minimum atomic E-state index is -0.543. The second kappa shape index (κ2) is 5.55. The van der Waals surface area contributed by atoms with E-state index in [1.807, 2.05) is 26.8 Å². The van der Waals surface area contributed by atoms with E-state index in [1.54, 1.807) is 0 Å². The molecule has 0 bridgehead atoms. The van der Waals surface area contributed by atoms with Crippen LogP contribution in [0.4, 0.5) is 4.79 Å². The van der Waals surface area contributed by atoms with Crippen LogP contribution in [0, 0.1) is 0 Å². The summed E-state index contributed by atoms with van der Waals surface area (Å²) in [5.41, 5.74) is 0.396. The third-order valence-electron chi connectivity index (χ3n) is 3.41. The number of aromatic nitrogens is 5. The highest BCUT2D eigenvalue weighted by Crippen LogP contribution is 2.48. The molecular weight excluding hydrogens is 364 g/mol. The summed E-state index contributed by atoms with van der Waals surface area (Å²) < 4.78 is 5.94. The summed E-state index contributed by atoms with van der Waals surface area (Å²) in [5, 5.41) is 17.7.